The largest absolute Gasteiger partial charge is 0.331 e. The summed E-state index contributed by atoms with van der Waals surface area (Å²) in [6.07, 6.45) is 5.64. The zero-order valence-corrected chi connectivity index (χ0v) is 14.0. The predicted molar refractivity (Wildman–Crippen MR) is 80.5 cm³/mol. The molecule has 5 heteroatoms. The number of rotatable bonds is 14. The first-order valence-electron chi connectivity index (χ1n) is 7.99. The van der Waals surface area contributed by atoms with Crippen LogP contribution in [0.15, 0.2) is 0 Å². The lowest BCUT2D eigenvalue weighted by atomic mass is 9.93. The van der Waals surface area contributed by atoms with Gasteiger partial charge in [0.15, 0.2) is 0 Å². The van der Waals surface area contributed by atoms with Gasteiger partial charge in [-0.05, 0) is 12.8 Å². The predicted octanol–water partition coefficient (Wildman–Crippen LogP) is 4.99. The van der Waals surface area contributed by atoms with E-state index in [2.05, 4.69) is 6.92 Å². The fraction of sp³-hybridized carbons (Fsp3) is 1.00. The fourth-order valence-electron chi connectivity index (χ4n) is 2.75. The second-order valence-corrected chi connectivity index (χ2v) is 5.44. The molecule has 0 aromatic carbocycles. The molecule has 0 aliphatic heterocycles. The van der Waals surface area contributed by atoms with Crippen LogP contribution in [0.5, 0.6) is 0 Å². The average Bonchev–Trinajstić information content (AvgIpc) is 2.49. The van der Waals surface area contributed by atoms with Crippen molar-refractivity contribution in [3.8, 4) is 0 Å². The summed E-state index contributed by atoms with van der Waals surface area (Å²) in [5.74, 6) is -1.39. The molecule has 0 N–H and O–H groups in total. The number of unbranched alkanes of at least 4 members (excludes halogenated alkanes) is 5. The van der Waals surface area contributed by atoms with Gasteiger partial charge in [0.05, 0.1) is 0 Å². The highest BCUT2D eigenvalue weighted by atomic mass is 19.3. The normalized spacial score (nSPS) is 13.9. The molecule has 0 saturated heterocycles. The number of hydrogen-bond donors (Lipinski definition) is 0. The summed E-state index contributed by atoms with van der Waals surface area (Å²) in [5.41, 5.74) is 0. The Bertz CT molecular complexity index is 225. The molecule has 0 spiro atoms. The van der Waals surface area contributed by atoms with E-state index in [9.17, 15) is 8.78 Å². The molecule has 1 atom stereocenters. The van der Waals surface area contributed by atoms with Crippen LogP contribution in [0.1, 0.15) is 64.7 Å². The Morgan fingerprint density at radius 3 is 1.76 bits per heavy atom. The summed E-state index contributed by atoms with van der Waals surface area (Å²) in [7, 11) is 4.47. The van der Waals surface area contributed by atoms with Crippen molar-refractivity contribution in [1.29, 1.82) is 0 Å². The minimum absolute atomic E-state index is 0.154. The van der Waals surface area contributed by atoms with Gasteiger partial charge in [0.1, 0.15) is 0 Å². The molecule has 1 unspecified atom stereocenters. The van der Waals surface area contributed by atoms with Gasteiger partial charge in [-0.15, -0.1) is 0 Å². The number of hydrogen-bond acceptors (Lipinski definition) is 3. The van der Waals surface area contributed by atoms with Gasteiger partial charge in [-0.3, -0.25) is 0 Å². The summed E-state index contributed by atoms with van der Waals surface area (Å²) in [6.45, 7) is 2.19. The zero-order chi connectivity index (χ0) is 16.1. The van der Waals surface area contributed by atoms with Crippen LogP contribution >= 0.6 is 0 Å². The standard InChI is InChI=1S/C16H32F2O3/c1-5-6-7-8-9-10-11-14(12-13-15(17)18)16(19-2,20-3)21-4/h14-15H,5-13H2,1-4H3. The summed E-state index contributed by atoms with van der Waals surface area (Å²) in [5, 5.41) is 0. The van der Waals surface area contributed by atoms with Crippen LogP contribution in [0.4, 0.5) is 8.78 Å². The molecule has 0 aromatic rings. The van der Waals surface area contributed by atoms with Gasteiger partial charge in [0.25, 0.3) is 5.97 Å². The van der Waals surface area contributed by atoms with E-state index in [1.807, 2.05) is 0 Å². The number of methoxy groups -OCH3 is 3. The molecule has 128 valence electrons. The van der Waals surface area contributed by atoms with Gasteiger partial charge in [-0.25, -0.2) is 8.78 Å². The van der Waals surface area contributed by atoms with Crippen molar-refractivity contribution in [2.75, 3.05) is 21.3 Å². The Kier molecular flexibility index (Phi) is 12.1. The van der Waals surface area contributed by atoms with Gasteiger partial charge in [-0.2, -0.15) is 0 Å². The Morgan fingerprint density at radius 1 is 0.762 bits per heavy atom. The van der Waals surface area contributed by atoms with Crippen molar-refractivity contribution in [1.82, 2.24) is 0 Å². The molecule has 0 aliphatic carbocycles. The number of halogens is 2. The molecule has 0 saturated carbocycles. The van der Waals surface area contributed by atoms with E-state index in [1.165, 1.54) is 47.0 Å². The van der Waals surface area contributed by atoms with E-state index in [-0.39, 0.29) is 12.3 Å². The Hall–Kier alpha value is -0.260. The molecule has 0 fully saturated rings. The van der Waals surface area contributed by atoms with Crippen LogP contribution in [-0.4, -0.2) is 33.7 Å². The maximum atomic E-state index is 12.5. The van der Waals surface area contributed by atoms with Crippen molar-refractivity contribution in [3.63, 3.8) is 0 Å². The van der Waals surface area contributed by atoms with Crippen LogP contribution in [0.3, 0.4) is 0 Å². The number of ether oxygens (including phenoxy) is 3. The van der Waals surface area contributed by atoms with Crippen molar-refractivity contribution in [2.24, 2.45) is 5.92 Å². The Labute approximate surface area is 128 Å². The van der Waals surface area contributed by atoms with Gasteiger partial charge >= 0.3 is 0 Å². The van der Waals surface area contributed by atoms with Gasteiger partial charge in [-0.1, -0.05) is 45.4 Å². The maximum absolute atomic E-state index is 12.5. The van der Waals surface area contributed by atoms with E-state index in [0.717, 1.165) is 19.3 Å². The molecule has 3 nitrogen and oxygen atoms in total. The van der Waals surface area contributed by atoms with Crippen LogP contribution < -0.4 is 0 Å². The van der Waals surface area contributed by atoms with E-state index >= 15 is 0 Å². The minimum Gasteiger partial charge on any atom is -0.331 e. The Morgan fingerprint density at radius 2 is 1.29 bits per heavy atom. The monoisotopic (exact) mass is 310 g/mol. The topological polar surface area (TPSA) is 27.7 Å². The zero-order valence-electron chi connectivity index (χ0n) is 14.0. The molecular weight excluding hydrogens is 278 g/mol. The van der Waals surface area contributed by atoms with Crippen molar-refractivity contribution >= 4 is 0 Å². The lowest BCUT2D eigenvalue weighted by molar-refractivity contribution is -0.380. The highest BCUT2D eigenvalue weighted by Gasteiger charge is 2.39. The average molecular weight is 310 g/mol. The molecule has 0 heterocycles. The first kappa shape index (κ1) is 20.7. The molecule has 21 heavy (non-hydrogen) atoms. The summed E-state index contributed by atoms with van der Waals surface area (Å²) >= 11 is 0. The molecule has 0 bridgehead atoms. The van der Waals surface area contributed by atoms with Crippen LogP contribution in [0.25, 0.3) is 0 Å². The molecular formula is C16H32F2O3. The van der Waals surface area contributed by atoms with Crippen LogP contribution in [-0.2, 0) is 14.2 Å². The van der Waals surface area contributed by atoms with E-state index in [1.54, 1.807) is 0 Å². The van der Waals surface area contributed by atoms with Crippen LogP contribution in [0.2, 0.25) is 0 Å². The SMILES string of the molecule is CCCCCCCCC(CCC(F)F)C(OC)(OC)OC. The van der Waals surface area contributed by atoms with Crippen molar-refractivity contribution < 1.29 is 23.0 Å². The molecule has 0 amide bonds. The Balaban J connectivity index is 4.37. The molecule has 0 radical (unpaired) electrons. The number of alkyl halides is 2. The second-order valence-electron chi connectivity index (χ2n) is 5.44. The van der Waals surface area contributed by atoms with Gasteiger partial charge < -0.3 is 14.2 Å². The molecule has 0 aliphatic rings. The van der Waals surface area contributed by atoms with E-state index in [4.69, 9.17) is 14.2 Å². The molecule has 0 aromatic heterocycles. The summed E-state index contributed by atoms with van der Waals surface area (Å²) in [4.78, 5) is 0. The lowest BCUT2D eigenvalue weighted by Crippen LogP contribution is -2.44. The minimum atomic E-state index is -2.31. The first-order chi connectivity index (χ1) is 10.1. The maximum Gasteiger partial charge on any atom is 0.285 e. The smallest absolute Gasteiger partial charge is 0.285 e. The van der Waals surface area contributed by atoms with Crippen molar-refractivity contribution in [3.05, 3.63) is 0 Å². The highest BCUT2D eigenvalue weighted by Crippen LogP contribution is 2.33. The van der Waals surface area contributed by atoms with Crippen LogP contribution in [0, 0.1) is 5.92 Å². The van der Waals surface area contributed by atoms with Crippen molar-refractivity contribution in [2.45, 2.75) is 77.1 Å². The summed E-state index contributed by atoms with van der Waals surface area (Å²) < 4.78 is 41.0. The highest BCUT2D eigenvalue weighted by molar-refractivity contribution is 4.72. The third-order valence-electron chi connectivity index (χ3n) is 3.99. The third kappa shape index (κ3) is 8.07. The fourth-order valence-corrected chi connectivity index (χ4v) is 2.75. The van der Waals surface area contributed by atoms with E-state index in [0.29, 0.717) is 6.42 Å². The lowest BCUT2D eigenvalue weighted by Gasteiger charge is -2.36. The molecule has 0 rings (SSSR count). The van der Waals surface area contributed by atoms with Gasteiger partial charge in [0, 0.05) is 33.7 Å². The summed E-state index contributed by atoms with van der Waals surface area (Å²) in [6, 6.07) is 0. The second kappa shape index (κ2) is 12.3. The quantitative estimate of drug-likeness (QED) is 0.334. The van der Waals surface area contributed by atoms with E-state index < -0.39 is 12.4 Å². The third-order valence-corrected chi connectivity index (χ3v) is 3.99. The first-order valence-corrected chi connectivity index (χ1v) is 7.99. The van der Waals surface area contributed by atoms with Gasteiger partial charge in [0.2, 0.25) is 6.43 Å².